The normalized spacial score (nSPS) is 13.7. The number of esters is 2. The van der Waals surface area contributed by atoms with Gasteiger partial charge in [0.25, 0.3) is 6.29 Å². The molecule has 0 aromatic carbocycles. The molecule has 70 heavy (non-hydrogen) atoms. The second-order valence-electron chi connectivity index (χ2n) is 19.2. The predicted octanol–water partition coefficient (Wildman–Crippen LogP) is 15.9. The molecule has 0 radical (unpaired) electrons. The van der Waals surface area contributed by atoms with Crippen LogP contribution in [0.4, 0.5) is 0 Å². The molecule has 398 valence electrons. The molecule has 0 aromatic heterocycles. The van der Waals surface area contributed by atoms with Crippen LogP contribution in [0.5, 0.6) is 0 Å². The number of carbonyl (C=O) groups excluding carboxylic acids is 2. The molecule has 0 amide bonds. The van der Waals surface area contributed by atoms with E-state index in [1.54, 1.807) is 0 Å². The van der Waals surface area contributed by atoms with Crippen LogP contribution in [0.3, 0.4) is 0 Å². The highest BCUT2D eigenvalue weighted by Gasteiger charge is 2.25. The lowest BCUT2D eigenvalue weighted by atomic mass is 10.1. The maximum atomic E-state index is 12.8. The van der Waals surface area contributed by atoms with E-state index in [4.69, 9.17) is 18.9 Å². The lowest BCUT2D eigenvalue weighted by Crippen LogP contribution is -2.40. The summed E-state index contributed by atoms with van der Waals surface area (Å²) in [6.45, 7) is 4.70. The summed E-state index contributed by atoms with van der Waals surface area (Å²) in [5, 5.41) is 9.64. The largest absolute Gasteiger partial charge is 0.477 e. The van der Waals surface area contributed by atoms with E-state index in [-0.39, 0.29) is 32.2 Å². The van der Waals surface area contributed by atoms with Gasteiger partial charge in [-0.2, -0.15) is 0 Å². The zero-order chi connectivity index (χ0) is 51.3. The zero-order valence-corrected chi connectivity index (χ0v) is 45.1. The number of aliphatic carboxylic acids is 1. The molecule has 2 atom stereocenters. The zero-order valence-electron chi connectivity index (χ0n) is 45.1. The third kappa shape index (κ3) is 51.8. The summed E-state index contributed by atoms with van der Waals surface area (Å²) in [5.74, 6) is -2.03. The van der Waals surface area contributed by atoms with Crippen LogP contribution in [-0.4, -0.2) is 87.4 Å². The highest BCUT2D eigenvalue weighted by molar-refractivity contribution is 5.71. The van der Waals surface area contributed by atoms with Gasteiger partial charge in [-0.05, 0) is 83.5 Å². The molecule has 0 aliphatic heterocycles. The average Bonchev–Trinajstić information content (AvgIpc) is 3.33. The summed E-state index contributed by atoms with van der Waals surface area (Å²) in [7, 11) is 5.95. The number of unbranched alkanes of at least 4 members (excludes halogenated alkanes) is 16. The molecule has 0 heterocycles. The Labute approximate surface area is 428 Å². The Morgan fingerprint density at radius 2 is 0.814 bits per heavy atom. The molecular formula is C61H102NO8+. The lowest BCUT2D eigenvalue weighted by molar-refractivity contribution is -0.870. The van der Waals surface area contributed by atoms with Gasteiger partial charge in [-0.3, -0.25) is 9.59 Å². The minimum Gasteiger partial charge on any atom is -0.477 e. The third-order valence-corrected chi connectivity index (χ3v) is 11.3. The van der Waals surface area contributed by atoms with Crippen LogP contribution in [0.1, 0.15) is 200 Å². The molecule has 0 saturated carbocycles. The fourth-order valence-electron chi connectivity index (χ4n) is 7.06. The van der Waals surface area contributed by atoms with Crippen molar-refractivity contribution in [2.75, 3.05) is 47.5 Å². The Morgan fingerprint density at radius 3 is 1.21 bits per heavy atom. The lowest BCUT2D eigenvalue weighted by Gasteiger charge is -2.25. The summed E-state index contributed by atoms with van der Waals surface area (Å²) < 4.78 is 22.7. The van der Waals surface area contributed by atoms with Crippen LogP contribution >= 0.6 is 0 Å². The summed E-state index contributed by atoms with van der Waals surface area (Å²) in [6.07, 6.45) is 67.6. The number of rotatable bonds is 49. The van der Waals surface area contributed by atoms with E-state index in [0.29, 0.717) is 23.9 Å². The monoisotopic (exact) mass is 977 g/mol. The van der Waals surface area contributed by atoms with Crippen molar-refractivity contribution in [1.82, 2.24) is 0 Å². The first-order chi connectivity index (χ1) is 34.1. The van der Waals surface area contributed by atoms with Crippen LogP contribution in [0.2, 0.25) is 0 Å². The molecule has 9 heteroatoms. The SMILES string of the molecule is CC/C=C\C/C=C\C/C=C\C/C=C\C/C=C\C/C=C\C/C=C\C/C=C\C/C=C\CCCCCCCCCCCC(=O)OC(COC(=O)CCCCCCCCCC)COC(OCC[N+](C)(C)C)C(=O)O. The smallest absolute Gasteiger partial charge is 0.361 e. The number of hydrogen-bond donors (Lipinski definition) is 1. The molecule has 0 bridgehead atoms. The maximum absolute atomic E-state index is 12.8. The number of ether oxygens (including phenoxy) is 4. The fraction of sp³-hybridized carbons (Fsp3) is 0.656. The minimum absolute atomic E-state index is 0.182. The first-order valence-electron chi connectivity index (χ1n) is 27.6. The van der Waals surface area contributed by atoms with Gasteiger partial charge in [-0.25, -0.2) is 4.79 Å². The summed E-state index contributed by atoms with van der Waals surface area (Å²) in [4.78, 5) is 37.1. The summed E-state index contributed by atoms with van der Waals surface area (Å²) in [6, 6.07) is 0. The second-order valence-corrected chi connectivity index (χ2v) is 19.2. The third-order valence-electron chi connectivity index (χ3n) is 11.3. The van der Waals surface area contributed by atoms with Gasteiger partial charge in [0.15, 0.2) is 6.10 Å². The second kappa shape index (κ2) is 51.3. The number of allylic oxidation sites excluding steroid dienone is 18. The van der Waals surface area contributed by atoms with Gasteiger partial charge in [0, 0.05) is 12.8 Å². The van der Waals surface area contributed by atoms with E-state index < -0.39 is 24.3 Å². The van der Waals surface area contributed by atoms with Crippen molar-refractivity contribution in [2.45, 2.75) is 212 Å². The van der Waals surface area contributed by atoms with Crippen molar-refractivity contribution < 1.29 is 42.9 Å². The van der Waals surface area contributed by atoms with Gasteiger partial charge < -0.3 is 28.5 Å². The van der Waals surface area contributed by atoms with Crippen molar-refractivity contribution >= 4 is 17.9 Å². The molecule has 9 nitrogen and oxygen atoms in total. The van der Waals surface area contributed by atoms with E-state index >= 15 is 0 Å². The molecule has 0 spiro atoms. The quantitative estimate of drug-likeness (QED) is 0.0211. The van der Waals surface area contributed by atoms with Crippen molar-refractivity contribution in [3.63, 3.8) is 0 Å². The van der Waals surface area contributed by atoms with Crippen molar-refractivity contribution in [2.24, 2.45) is 0 Å². The molecule has 0 fully saturated rings. The first-order valence-corrected chi connectivity index (χ1v) is 27.6. The van der Waals surface area contributed by atoms with Crippen LogP contribution in [0.15, 0.2) is 109 Å². The van der Waals surface area contributed by atoms with Gasteiger partial charge in [0.1, 0.15) is 13.2 Å². The van der Waals surface area contributed by atoms with Crippen molar-refractivity contribution in [3.8, 4) is 0 Å². The molecule has 0 aliphatic rings. The highest BCUT2D eigenvalue weighted by atomic mass is 16.7. The van der Waals surface area contributed by atoms with Crippen LogP contribution in [0.25, 0.3) is 0 Å². The molecule has 0 aromatic rings. The molecule has 2 unspecified atom stereocenters. The number of carboxylic acid groups (broad SMARTS) is 1. The fourth-order valence-corrected chi connectivity index (χ4v) is 7.06. The van der Waals surface area contributed by atoms with E-state index in [2.05, 4.69) is 123 Å². The van der Waals surface area contributed by atoms with E-state index in [1.807, 2.05) is 21.1 Å². The van der Waals surface area contributed by atoms with Gasteiger partial charge in [0.05, 0.1) is 34.4 Å². The van der Waals surface area contributed by atoms with Crippen molar-refractivity contribution in [1.29, 1.82) is 0 Å². The first kappa shape index (κ1) is 66.0. The average molecular weight is 977 g/mol. The summed E-state index contributed by atoms with van der Waals surface area (Å²) >= 11 is 0. The number of likely N-dealkylation sites (N-methyl/N-ethyl adjacent to an activating group) is 1. The Morgan fingerprint density at radius 1 is 0.443 bits per heavy atom. The van der Waals surface area contributed by atoms with Gasteiger partial charge in [0.2, 0.25) is 0 Å². The maximum Gasteiger partial charge on any atom is 0.361 e. The van der Waals surface area contributed by atoms with Gasteiger partial charge in [-0.15, -0.1) is 0 Å². The molecular weight excluding hydrogens is 875 g/mol. The number of quaternary nitrogens is 1. The number of carboxylic acids is 1. The molecule has 1 N–H and O–H groups in total. The van der Waals surface area contributed by atoms with E-state index in [9.17, 15) is 19.5 Å². The van der Waals surface area contributed by atoms with Crippen LogP contribution in [0, 0.1) is 0 Å². The highest BCUT2D eigenvalue weighted by Crippen LogP contribution is 2.14. The predicted molar refractivity (Wildman–Crippen MR) is 295 cm³/mol. The van der Waals surface area contributed by atoms with E-state index in [1.165, 1.54) is 64.2 Å². The Kier molecular flexibility index (Phi) is 48.3. The van der Waals surface area contributed by atoms with E-state index in [0.717, 1.165) is 103 Å². The number of hydrogen-bond acceptors (Lipinski definition) is 7. The van der Waals surface area contributed by atoms with Crippen LogP contribution < -0.4 is 0 Å². The number of carbonyl (C=O) groups is 3. The molecule has 0 rings (SSSR count). The Bertz CT molecular complexity index is 1510. The molecule has 0 saturated heterocycles. The minimum atomic E-state index is -1.51. The Hall–Kier alpha value is -4.05. The number of nitrogens with zero attached hydrogens (tertiary/aromatic N) is 1. The van der Waals surface area contributed by atoms with Gasteiger partial charge >= 0.3 is 17.9 Å². The van der Waals surface area contributed by atoms with Crippen LogP contribution in [-0.2, 0) is 33.3 Å². The van der Waals surface area contributed by atoms with Crippen molar-refractivity contribution in [3.05, 3.63) is 109 Å². The Balaban J connectivity index is 4.11. The van der Waals surface area contributed by atoms with Gasteiger partial charge in [-0.1, -0.05) is 213 Å². The summed E-state index contributed by atoms with van der Waals surface area (Å²) in [5.41, 5.74) is 0. The standard InChI is InChI=1S/C61H101NO8/c1-6-8-10-12-14-16-17-18-19-20-21-22-23-24-25-26-27-28-29-30-31-32-33-34-35-36-37-38-39-40-41-42-43-44-46-48-50-52-59(64)70-57(56-69-61(60(65)66)67-54-53-62(3,4)5)55-68-58(63)51-49-47-45-15-13-11-9-7-2/h8,10,14,16,18-19,21-22,24-25,27-28,30-31,33-34,36-37,57,61H,6-7,9,11-13,15,17,20,23,26,29,32,35,38-56H2,1-5H3/p+1/b10-8-,16-14-,19-18-,22-21-,25-24-,28-27-,31-30-,34-33-,37-36-. The molecule has 0 aliphatic carbocycles. The topological polar surface area (TPSA) is 108 Å².